The largest absolute Gasteiger partial charge is 0.463 e. The molecule has 0 spiro atoms. The average Bonchev–Trinajstić information content (AvgIpc) is 3.07. The fraction of sp³-hybridized carbons (Fsp3) is 0.556. The molecule has 1 aliphatic heterocycles. The molecule has 1 saturated heterocycles. The van der Waals surface area contributed by atoms with E-state index in [2.05, 4.69) is 15.2 Å². The molecule has 0 bridgehead atoms. The summed E-state index contributed by atoms with van der Waals surface area (Å²) in [5.74, 6) is -0.247. The van der Waals surface area contributed by atoms with Crippen LogP contribution in [0.15, 0.2) is 65.5 Å². The van der Waals surface area contributed by atoms with Crippen LogP contribution in [0.3, 0.4) is 0 Å². The van der Waals surface area contributed by atoms with Crippen LogP contribution >= 0.6 is 0 Å². The predicted molar refractivity (Wildman–Crippen MR) is 173 cm³/mol. The van der Waals surface area contributed by atoms with Gasteiger partial charge in [-0.15, -0.1) is 0 Å². The molecule has 1 aliphatic carbocycles. The number of aromatic amines is 1. The number of hydrogen-bond acceptors (Lipinski definition) is 7. The summed E-state index contributed by atoms with van der Waals surface area (Å²) in [6, 6.07) is 18.4. The summed E-state index contributed by atoms with van der Waals surface area (Å²) >= 11 is 0. The molecule has 1 saturated carbocycles. The number of aliphatic hydroxyl groups is 2. The number of carbonyl (C=O) groups excluding carboxylic acids is 1. The van der Waals surface area contributed by atoms with Gasteiger partial charge in [-0.05, 0) is 87.8 Å². The number of likely N-dealkylation sites (tertiary alicyclic amines) is 1. The number of unbranched alkanes of at least 4 members (excludes halogenated alkanes) is 2. The van der Waals surface area contributed by atoms with Crippen LogP contribution < -0.4 is 10.9 Å². The number of piperidine rings is 1. The topological polar surface area (TPSA) is 115 Å². The first-order valence-electron chi connectivity index (χ1n) is 16.6. The van der Waals surface area contributed by atoms with Gasteiger partial charge in [0.1, 0.15) is 0 Å². The average molecular weight is 604 g/mol. The molecule has 8 heteroatoms. The number of hydrogen-bond donors (Lipinski definition) is 4. The lowest BCUT2D eigenvalue weighted by Gasteiger charge is -2.37. The number of esters is 1. The number of fused-ring (bicyclic) bond motifs is 1. The quantitative estimate of drug-likeness (QED) is 0.151. The second-order valence-corrected chi connectivity index (χ2v) is 12.8. The SMILES string of the molecule is O=C(OCC1CCN(CCCCCNC[C@H](O)c2cc(=O)[nH]c3ccccc23)CC1)C(O)(c1ccccc1)C1CCCCC1. The van der Waals surface area contributed by atoms with E-state index in [0.717, 1.165) is 101 Å². The summed E-state index contributed by atoms with van der Waals surface area (Å²) < 4.78 is 5.85. The zero-order chi connectivity index (χ0) is 30.8. The lowest BCUT2D eigenvalue weighted by Crippen LogP contribution is -2.46. The first-order chi connectivity index (χ1) is 21.4. The molecule has 3 aromatic rings. The van der Waals surface area contributed by atoms with Crippen molar-refractivity contribution in [3.05, 3.63) is 82.1 Å². The Morgan fingerprint density at radius 3 is 2.48 bits per heavy atom. The normalized spacial score (nSPS) is 19.0. The highest BCUT2D eigenvalue weighted by atomic mass is 16.5. The molecule has 0 amide bonds. The third-order valence-electron chi connectivity index (χ3n) is 9.69. The van der Waals surface area contributed by atoms with Gasteiger partial charge in [-0.1, -0.05) is 74.2 Å². The molecular weight excluding hydrogens is 554 g/mol. The maximum atomic E-state index is 13.4. The highest BCUT2D eigenvalue weighted by Gasteiger charge is 2.47. The number of para-hydroxylation sites is 1. The molecule has 2 aromatic carbocycles. The summed E-state index contributed by atoms with van der Waals surface area (Å²) in [7, 11) is 0. The molecule has 0 radical (unpaired) electrons. The third-order valence-corrected chi connectivity index (χ3v) is 9.69. The van der Waals surface area contributed by atoms with E-state index in [0.29, 0.717) is 30.2 Å². The maximum Gasteiger partial charge on any atom is 0.343 e. The summed E-state index contributed by atoms with van der Waals surface area (Å²) in [6.07, 6.45) is 9.46. The van der Waals surface area contributed by atoms with Crippen LogP contribution in [0.5, 0.6) is 0 Å². The number of pyridine rings is 1. The lowest BCUT2D eigenvalue weighted by molar-refractivity contribution is -0.177. The van der Waals surface area contributed by atoms with E-state index in [9.17, 15) is 19.8 Å². The first-order valence-corrected chi connectivity index (χ1v) is 16.6. The minimum absolute atomic E-state index is 0.0942. The van der Waals surface area contributed by atoms with E-state index in [1.54, 1.807) is 0 Å². The minimum Gasteiger partial charge on any atom is -0.463 e. The van der Waals surface area contributed by atoms with Crippen molar-refractivity contribution in [3.8, 4) is 0 Å². The zero-order valence-electron chi connectivity index (χ0n) is 25.9. The van der Waals surface area contributed by atoms with Crippen molar-refractivity contribution >= 4 is 16.9 Å². The Bertz CT molecular complexity index is 1380. The van der Waals surface area contributed by atoms with Crippen molar-refractivity contribution in [3.63, 3.8) is 0 Å². The van der Waals surface area contributed by atoms with Crippen LogP contribution in [-0.2, 0) is 15.1 Å². The lowest BCUT2D eigenvalue weighted by atomic mass is 9.73. The molecule has 5 rings (SSSR count). The predicted octanol–water partition coefficient (Wildman–Crippen LogP) is 5.04. The maximum absolute atomic E-state index is 13.4. The van der Waals surface area contributed by atoms with E-state index in [4.69, 9.17) is 4.74 Å². The number of benzene rings is 2. The molecular formula is C36H49N3O5. The zero-order valence-corrected chi connectivity index (χ0v) is 25.9. The van der Waals surface area contributed by atoms with Crippen LogP contribution in [0, 0.1) is 11.8 Å². The molecule has 2 aliphatic rings. The Kier molecular flexibility index (Phi) is 11.6. The smallest absolute Gasteiger partial charge is 0.343 e. The molecule has 44 heavy (non-hydrogen) atoms. The van der Waals surface area contributed by atoms with Crippen molar-refractivity contribution < 1.29 is 19.7 Å². The first kappa shape index (κ1) is 32.4. The van der Waals surface area contributed by atoms with E-state index in [-0.39, 0.29) is 11.5 Å². The highest BCUT2D eigenvalue weighted by Crippen LogP contribution is 2.40. The molecule has 2 atom stereocenters. The van der Waals surface area contributed by atoms with Crippen molar-refractivity contribution in [2.75, 3.05) is 39.3 Å². The number of aromatic nitrogens is 1. The van der Waals surface area contributed by atoms with Crippen LogP contribution in [0.25, 0.3) is 10.9 Å². The van der Waals surface area contributed by atoms with Crippen LogP contribution in [-0.4, -0.2) is 65.4 Å². The van der Waals surface area contributed by atoms with Gasteiger partial charge >= 0.3 is 5.97 Å². The number of carbonyl (C=O) groups is 1. The second-order valence-electron chi connectivity index (χ2n) is 12.8. The van der Waals surface area contributed by atoms with Crippen LogP contribution in [0.2, 0.25) is 0 Å². The van der Waals surface area contributed by atoms with E-state index in [1.807, 2.05) is 54.6 Å². The number of aliphatic hydroxyl groups excluding tert-OH is 1. The van der Waals surface area contributed by atoms with Crippen molar-refractivity contribution in [1.82, 2.24) is 15.2 Å². The van der Waals surface area contributed by atoms with Crippen molar-refractivity contribution in [2.45, 2.75) is 75.9 Å². The van der Waals surface area contributed by atoms with E-state index in [1.165, 1.54) is 6.07 Å². The van der Waals surface area contributed by atoms with Gasteiger partial charge in [0.2, 0.25) is 5.56 Å². The van der Waals surface area contributed by atoms with Gasteiger partial charge in [-0.3, -0.25) is 4.79 Å². The Morgan fingerprint density at radius 2 is 1.70 bits per heavy atom. The molecule has 8 nitrogen and oxygen atoms in total. The number of nitrogens with one attached hydrogen (secondary N) is 2. The number of ether oxygens (including phenoxy) is 1. The van der Waals surface area contributed by atoms with Gasteiger partial charge < -0.3 is 30.2 Å². The summed E-state index contributed by atoms with van der Waals surface area (Å²) in [5, 5.41) is 26.6. The van der Waals surface area contributed by atoms with Gasteiger partial charge in [0.05, 0.1) is 12.7 Å². The Morgan fingerprint density at radius 1 is 0.977 bits per heavy atom. The molecule has 1 aromatic heterocycles. The highest BCUT2D eigenvalue weighted by molar-refractivity contribution is 5.82. The van der Waals surface area contributed by atoms with Gasteiger partial charge in [0, 0.05) is 29.4 Å². The van der Waals surface area contributed by atoms with Crippen LogP contribution in [0.4, 0.5) is 0 Å². The fourth-order valence-corrected chi connectivity index (χ4v) is 7.03. The molecule has 238 valence electrons. The van der Waals surface area contributed by atoms with Gasteiger partial charge in [-0.25, -0.2) is 4.79 Å². The molecule has 1 unspecified atom stereocenters. The molecule has 2 fully saturated rings. The van der Waals surface area contributed by atoms with Crippen molar-refractivity contribution in [1.29, 1.82) is 0 Å². The molecule has 4 N–H and O–H groups in total. The number of rotatable bonds is 14. The summed E-state index contributed by atoms with van der Waals surface area (Å²) in [4.78, 5) is 30.7. The van der Waals surface area contributed by atoms with E-state index < -0.39 is 17.7 Å². The summed E-state index contributed by atoms with van der Waals surface area (Å²) in [6.45, 7) is 4.67. The van der Waals surface area contributed by atoms with Crippen molar-refractivity contribution in [2.24, 2.45) is 11.8 Å². The Labute approximate surface area is 260 Å². The fourth-order valence-electron chi connectivity index (χ4n) is 7.03. The van der Waals surface area contributed by atoms with E-state index >= 15 is 0 Å². The Hall–Kier alpha value is -3.04. The van der Waals surface area contributed by atoms with Gasteiger partial charge in [0.25, 0.3) is 0 Å². The van der Waals surface area contributed by atoms with Gasteiger partial charge in [0.15, 0.2) is 5.60 Å². The number of H-pyrrole nitrogens is 1. The monoisotopic (exact) mass is 603 g/mol. The minimum atomic E-state index is -1.57. The van der Waals surface area contributed by atoms with Crippen LogP contribution in [0.1, 0.15) is 81.4 Å². The molecule has 2 heterocycles. The second kappa shape index (κ2) is 15.8. The third kappa shape index (κ3) is 8.16. The Balaban J connectivity index is 0.969. The number of nitrogens with zero attached hydrogens (tertiary/aromatic N) is 1. The van der Waals surface area contributed by atoms with Gasteiger partial charge in [-0.2, -0.15) is 0 Å². The standard InChI is InChI=1S/C36H49N3O5/c40-33(31-24-34(41)38-32-17-9-8-16-30(31)32)25-37-20-10-3-11-21-39-22-18-27(19-23-39)26-44-35(42)36(43,28-12-4-1-5-13-28)29-14-6-2-7-15-29/h1,4-5,8-9,12-13,16-17,24,27,29,33,37,40,43H,2-3,6-7,10-11,14-15,18-23,25-26H2,(H,38,41)/t33-,36?/m0/s1. The summed E-state index contributed by atoms with van der Waals surface area (Å²) in [5.41, 5.74) is 0.284.